The van der Waals surface area contributed by atoms with E-state index in [1.165, 1.54) is 7.11 Å². The zero-order valence-electron chi connectivity index (χ0n) is 12.7. The summed E-state index contributed by atoms with van der Waals surface area (Å²) >= 11 is 0. The highest BCUT2D eigenvalue weighted by atomic mass is 17.2. The van der Waals surface area contributed by atoms with Crippen LogP contribution in [0.5, 0.6) is 0 Å². The molecule has 0 heterocycles. The molecule has 1 aromatic carbocycles. The van der Waals surface area contributed by atoms with Gasteiger partial charge in [0.2, 0.25) is 0 Å². The zero-order valence-corrected chi connectivity index (χ0v) is 12.7. The maximum atomic E-state index is 11.0. The summed E-state index contributed by atoms with van der Waals surface area (Å²) in [5.74, 6) is -0.306. The van der Waals surface area contributed by atoms with Gasteiger partial charge in [-0.05, 0) is 17.4 Å². The number of hydrogen-bond acceptors (Lipinski definition) is 4. The molecule has 4 heteroatoms. The third-order valence-electron chi connectivity index (χ3n) is 3.50. The van der Waals surface area contributed by atoms with Crippen molar-refractivity contribution in [2.75, 3.05) is 13.7 Å². The molecule has 0 aliphatic rings. The molecular weight excluding hydrogens is 256 g/mol. The Morgan fingerprint density at radius 3 is 2.45 bits per heavy atom. The summed E-state index contributed by atoms with van der Waals surface area (Å²) in [6.07, 6.45) is 0.962. The standard InChI is InChI=1S/C16H24O4/c1-5-16(2,3)15(13-9-7-6-8-10-13)20-19-12-11-14(17)18-4/h6-10,15H,5,11-12H2,1-4H3. The maximum Gasteiger partial charge on any atom is 0.307 e. The molecule has 0 aromatic heterocycles. The van der Waals surface area contributed by atoms with Crippen molar-refractivity contribution >= 4 is 5.97 Å². The van der Waals surface area contributed by atoms with E-state index in [0.717, 1.165) is 12.0 Å². The Morgan fingerprint density at radius 2 is 1.90 bits per heavy atom. The minimum Gasteiger partial charge on any atom is -0.469 e. The maximum absolute atomic E-state index is 11.0. The fraction of sp³-hybridized carbons (Fsp3) is 0.562. The van der Waals surface area contributed by atoms with Crippen LogP contribution in [0.4, 0.5) is 0 Å². The lowest BCUT2D eigenvalue weighted by Gasteiger charge is -2.32. The van der Waals surface area contributed by atoms with E-state index in [4.69, 9.17) is 9.78 Å². The number of carbonyl (C=O) groups is 1. The molecule has 0 aliphatic carbocycles. The van der Waals surface area contributed by atoms with E-state index in [2.05, 4.69) is 25.5 Å². The van der Waals surface area contributed by atoms with Crippen molar-refractivity contribution in [1.29, 1.82) is 0 Å². The van der Waals surface area contributed by atoms with Gasteiger partial charge in [-0.25, -0.2) is 9.78 Å². The summed E-state index contributed by atoms with van der Waals surface area (Å²) in [5.41, 5.74) is 1.00. The Morgan fingerprint density at radius 1 is 1.25 bits per heavy atom. The lowest BCUT2D eigenvalue weighted by molar-refractivity contribution is -0.346. The van der Waals surface area contributed by atoms with Gasteiger partial charge in [0.25, 0.3) is 0 Å². The van der Waals surface area contributed by atoms with Gasteiger partial charge >= 0.3 is 5.97 Å². The molecule has 0 amide bonds. The number of ether oxygens (including phenoxy) is 1. The topological polar surface area (TPSA) is 44.8 Å². The van der Waals surface area contributed by atoms with E-state index in [9.17, 15) is 4.79 Å². The first-order valence-electron chi connectivity index (χ1n) is 6.91. The fourth-order valence-corrected chi connectivity index (χ4v) is 1.79. The number of benzene rings is 1. The first-order valence-corrected chi connectivity index (χ1v) is 6.91. The highest BCUT2D eigenvalue weighted by Crippen LogP contribution is 2.39. The van der Waals surface area contributed by atoms with Gasteiger partial charge in [0, 0.05) is 0 Å². The van der Waals surface area contributed by atoms with Gasteiger partial charge in [-0.2, -0.15) is 0 Å². The summed E-state index contributed by atoms with van der Waals surface area (Å²) in [7, 11) is 1.36. The second kappa shape index (κ2) is 8.02. The van der Waals surface area contributed by atoms with Gasteiger partial charge in [0.1, 0.15) is 6.10 Å². The van der Waals surface area contributed by atoms with Crippen molar-refractivity contribution in [3.63, 3.8) is 0 Å². The van der Waals surface area contributed by atoms with E-state index >= 15 is 0 Å². The summed E-state index contributed by atoms with van der Waals surface area (Å²) in [5, 5.41) is 0. The normalized spacial score (nSPS) is 13.0. The Hall–Kier alpha value is -1.39. The van der Waals surface area contributed by atoms with Crippen LogP contribution < -0.4 is 0 Å². The smallest absolute Gasteiger partial charge is 0.307 e. The van der Waals surface area contributed by atoms with Gasteiger partial charge in [-0.15, -0.1) is 0 Å². The lowest BCUT2D eigenvalue weighted by atomic mass is 9.80. The van der Waals surface area contributed by atoms with Crippen LogP contribution in [0.1, 0.15) is 45.3 Å². The van der Waals surface area contributed by atoms with Crippen LogP contribution in [0.2, 0.25) is 0 Å². The Kier molecular flexibility index (Phi) is 6.68. The van der Waals surface area contributed by atoms with Gasteiger partial charge in [0.05, 0.1) is 20.1 Å². The van der Waals surface area contributed by atoms with Crippen molar-refractivity contribution in [3.8, 4) is 0 Å². The molecule has 0 bridgehead atoms. The van der Waals surface area contributed by atoms with Gasteiger partial charge in [-0.3, -0.25) is 4.79 Å². The Labute approximate surface area is 121 Å². The lowest BCUT2D eigenvalue weighted by Crippen LogP contribution is -2.24. The van der Waals surface area contributed by atoms with Crippen molar-refractivity contribution in [2.45, 2.75) is 39.7 Å². The van der Waals surface area contributed by atoms with Crippen LogP contribution in [0.15, 0.2) is 30.3 Å². The Bertz CT molecular complexity index is 400. The Balaban J connectivity index is 2.63. The molecule has 1 aromatic rings. The highest BCUT2D eigenvalue weighted by Gasteiger charge is 2.31. The van der Waals surface area contributed by atoms with Crippen LogP contribution in [0.25, 0.3) is 0 Å². The second-order valence-electron chi connectivity index (χ2n) is 5.38. The first kappa shape index (κ1) is 16.7. The molecule has 0 spiro atoms. The molecule has 0 radical (unpaired) electrons. The van der Waals surface area contributed by atoms with Crippen molar-refractivity contribution in [3.05, 3.63) is 35.9 Å². The van der Waals surface area contributed by atoms with Gasteiger partial charge < -0.3 is 4.74 Å². The molecule has 1 unspecified atom stereocenters. The monoisotopic (exact) mass is 280 g/mol. The predicted octanol–water partition coefficient (Wildman–Crippen LogP) is 3.68. The van der Waals surface area contributed by atoms with E-state index < -0.39 is 0 Å². The number of methoxy groups -OCH3 is 1. The van der Waals surface area contributed by atoms with Crippen LogP contribution in [-0.4, -0.2) is 19.7 Å². The van der Waals surface area contributed by atoms with E-state index in [1.54, 1.807) is 0 Å². The SMILES string of the molecule is CCC(C)(C)C(OOCCC(=O)OC)c1ccccc1. The minimum absolute atomic E-state index is 0.0629. The molecule has 1 rings (SSSR count). The van der Waals surface area contributed by atoms with E-state index in [0.29, 0.717) is 0 Å². The molecule has 4 nitrogen and oxygen atoms in total. The number of carbonyl (C=O) groups excluding carboxylic acids is 1. The highest BCUT2D eigenvalue weighted by molar-refractivity contribution is 5.69. The molecule has 0 saturated carbocycles. The number of esters is 1. The molecule has 112 valence electrons. The minimum atomic E-state index is -0.306. The van der Waals surface area contributed by atoms with Crippen molar-refractivity contribution in [1.82, 2.24) is 0 Å². The number of hydrogen-bond donors (Lipinski definition) is 0. The van der Waals surface area contributed by atoms with Crippen LogP contribution in [0.3, 0.4) is 0 Å². The predicted molar refractivity (Wildman–Crippen MR) is 76.9 cm³/mol. The largest absolute Gasteiger partial charge is 0.469 e. The summed E-state index contributed by atoms with van der Waals surface area (Å²) in [6, 6.07) is 9.97. The molecule has 0 saturated heterocycles. The molecular formula is C16H24O4. The average Bonchev–Trinajstić information content (AvgIpc) is 2.47. The molecule has 0 fully saturated rings. The van der Waals surface area contributed by atoms with E-state index in [1.807, 2.05) is 30.3 Å². The zero-order chi connectivity index (χ0) is 15.0. The second-order valence-corrected chi connectivity index (χ2v) is 5.38. The van der Waals surface area contributed by atoms with Crippen molar-refractivity contribution in [2.24, 2.45) is 5.41 Å². The third-order valence-corrected chi connectivity index (χ3v) is 3.50. The van der Waals surface area contributed by atoms with Crippen LogP contribution >= 0.6 is 0 Å². The fourth-order valence-electron chi connectivity index (χ4n) is 1.79. The van der Waals surface area contributed by atoms with Crippen LogP contribution in [0, 0.1) is 5.41 Å². The van der Waals surface area contributed by atoms with Gasteiger partial charge in [-0.1, -0.05) is 51.1 Å². The molecule has 0 aliphatic heterocycles. The number of rotatable bonds is 8. The van der Waals surface area contributed by atoms with E-state index in [-0.39, 0.29) is 30.5 Å². The van der Waals surface area contributed by atoms with Gasteiger partial charge in [0.15, 0.2) is 0 Å². The third kappa shape index (κ3) is 4.94. The summed E-state index contributed by atoms with van der Waals surface area (Å²) in [6.45, 7) is 6.58. The summed E-state index contributed by atoms with van der Waals surface area (Å²) < 4.78 is 4.56. The van der Waals surface area contributed by atoms with Crippen molar-refractivity contribution < 1.29 is 19.3 Å². The quantitative estimate of drug-likeness (QED) is 0.315. The summed E-state index contributed by atoms with van der Waals surface area (Å²) in [4.78, 5) is 21.8. The molecule has 20 heavy (non-hydrogen) atoms. The first-order chi connectivity index (χ1) is 9.51. The average molecular weight is 280 g/mol. The molecule has 0 N–H and O–H groups in total. The molecule has 1 atom stereocenters. The van der Waals surface area contributed by atoms with Crippen LogP contribution in [-0.2, 0) is 19.3 Å².